The summed E-state index contributed by atoms with van der Waals surface area (Å²) in [6.07, 6.45) is 6.53. The average Bonchev–Trinajstić information content (AvgIpc) is 3.07. The van der Waals surface area contributed by atoms with Crippen LogP contribution in [-0.4, -0.2) is 11.3 Å². The minimum absolute atomic E-state index is 0.129. The van der Waals surface area contributed by atoms with E-state index < -0.39 is 6.17 Å². The third-order valence-corrected chi connectivity index (χ3v) is 6.16. The van der Waals surface area contributed by atoms with Gasteiger partial charge in [-0.2, -0.15) is 0 Å². The highest BCUT2D eigenvalue weighted by molar-refractivity contribution is 5.28. The van der Waals surface area contributed by atoms with E-state index in [2.05, 4.69) is 43.3 Å². The van der Waals surface area contributed by atoms with Crippen LogP contribution in [0.1, 0.15) is 80.6 Å². The van der Waals surface area contributed by atoms with Crippen molar-refractivity contribution in [2.75, 3.05) is 0 Å². The Labute approximate surface area is 163 Å². The third kappa shape index (κ3) is 5.42. The molecule has 1 fully saturated rings. The SMILES string of the molecule is CCCCC(O)c1ccc(C2CCC(F)C2CCCc2ccccc2)cc1. The summed E-state index contributed by atoms with van der Waals surface area (Å²) in [6.45, 7) is 2.14. The highest BCUT2D eigenvalue weighted by atomic mass is 19.1. The molecule has 0 spiro atoms. The standard InChI is InChI=1S/C25H33FO/c1-2-3-12-25(27)21-15-13-20(14-16-21)22-17-18-24(26)23(22)11-7-10-19-8-5-4-6-9-19/h4-6,8-9,13-16,22-25,27H,2-3,7,10-12,17-18H2,1H3. The lowest BCUT2D eigenvalue weighted by molar-refractivity contribution is 0.164. The maximum Gasteiger partial charge on any atom is 0.104 e. The van der Waals surface area contributed by atoms with E-state index in [9.17, 15) is 9.50 Å². The Morgan fingerprint density at radius 3 is 2.44 bits per heavy atom. The van der Waals surface area contributed by atoms with Gasteiger partial charge in [0.2, 0.25) is 0 Å². The molecule has 0 aliphatic heterocycles. The van der Waals surface area contributed by atoms with Crippen molar-refractivity contribution in [3.63, 3.8) is 0 Å². The van der Waals surface area contributed by atoms with Gasteiger partial charge >= 0.3 is 0 Å². The lowest BCUT2D eigenvalue weighted by Gasteiger charge is -2.22. The van der Waals surface area contributed by atoms with Gasteiger partial charge in [0.25, 0.3) is 0 Å². The van der Waals surface area contributed by atoms with Gasteiger partial charge in [0.05, 0.1) is 6.10 Å². The second-order valence-electron chi connectivity index (χ2n) is 8.07. The van der Waals surface area contributed by atoms with Crippen molar-refractivity contribution in [1.29, 1.82) is 0 Å². The molecule has 2 aromatic carbocycles. The van der Waals surface area contributed by atoms with Crippen molar-refractivity contribution in [2.45, 2.75) is 76.5 Å². The molecule has 1 aliphatic rings. The number of hydrogen-bond acceptors (Lipinski definition) is 1. The van der Waals surface area contributed by atoms with Gasteiger partial charge in [0.1, 0.15) is 6.17 Å². The number of aryl methyl sites for hydroxylation is 1. The van der Waals surface area contributed by atoms with E-state index in [1.807, 2.05) is 18.2 Å². The fourth-order valence-corrected chi connectivity index (χ4v) is 4.53. The predicted molar refractivity (Wildman–Crippen MR) is 111 cm³/mol. The lowest BCUT2D eigenvalue weighted by Crippen LogP contribution is -2.15. The van der Waals surface area contributed by atoms with Crippen LogP contribution in [0.5, 0.6) is 0 Å². The maximum atomic E-state index is 14.6. The van der Waals surface area contributed by atoms with Gasteiger partial charge in [-0.25, -0.2) is 4.39 Å². The molecular formula is C25H33FO. The molecule has 4 unspecified atom stereocenters. The number of benzene rings is 2. The molecule has 2 heteroatoms. The smallest absolute Gasteiger partial charge is 0.104 e. The van der Waals surface area contributed by atoms with E-state index >= 15 is 0 Å². The van der Waals surface area contributed by atoms with Gasteiger partial charge < -0.3 is 5.11 Å². The molecule has 1 N–H and O–H groups in total. The summed E-state index contributed by atoms with van der Waals surface area (Å²) < 4.78 is 14.6. The molecule has 1 saturated carbocycles. The van der Waals surface area contributed by atoms with Crippen LogP contribution in [0.3, 0.4) is 0 Å². The summed E-state index contributed by atoms with van der Waals surface area (Å²) in [7, 11) is 0. The average molecular weight is 369 g/mol. The maximum absolute atomic E-state index is 14.6. The monoisotopic (exact) mass is 368 g/mol. The first-order valence-corrected chi connectivity index (χ1v) is 10.6. The van der Waals surface area contributed by atoms with Crippen molar-refractivity contribution in [3.8, 4) is 0 Å². The Kier molecular flexibility index (Phi) is 7.46. The summed E-state index contributed by atoms with van der Waals surface area (Å²) in [6, 6.07) is 18.8. The zero-order chi connectivity index (χ0) is 19.1. The molecule has 0 heterocycles. The van der Waals surface area contributed by atoms with Crippen LogP contribution in [0.15, 0.2) is 54.6 Å². The molecule has 4 atom stereocenters. The highest BCUT2D eigenvalue weighted by Crippen LogP contribution is 2.44. The molecule has 1 aliphatic carbocycles. The Balaban J connectivity index is 1.59. The van der Waals surface area contributed by atoms with Crippen LogP contribution < -0.4 is 0 Å². The number of aliphatic hydroxyl groups is 1. The first-order valence-electron chi connectivity index (χ1n) is 10.6. The minimum atomic E-state index is -0.680. The van der Waals surface area contributed by atoms with Crippen molar-refractivity contribution in [1.82, 2.24) is 0 Å². The molecule has 0 radical (unpaired) electrons. The van der Waals surface area contributed by atoms with Gasteiger partial charge in [-0.1, -0.05) is 74.4 Å². The van der Waals surface area contributed by atoms with Gasteiger partial charge in [-0.3, -0.25) is 0 Å². The third-order valence-electron chi connectivity index (χ3n) is 6.16. The number of hydrogen-bond donors (Lipinski definition) is 1. The molecule has 1 nitrogen and oxygen atoms in total. The van der Waals surface area contributed by atoms with Crippen LogP contribution in [0, 0.1) is 5.92 Å². The summed E-state index contributed by atoms with van der Waals surface area (Å²) >= 11 is 0. The van der Waals surface area contributed by atoms with Crippen LogP contribution >= 0.6 is 0 Å². The summed E-state index contributed by atoms with van der Waals surface area (Å²) in [5.41, 5.74) is 3.57. The first-order chi connectivity index (χ1) is 13.2. The van der Waals surface area contributed by atoms with Crippen LogP contribution in [0.4, 0.5) is 4.39 Å². The largest absolute Gasteiger partial charge is 0.388 e. The molecule has 0 amide bonds. The van der Waals surface area contributed by atoms with Crippen molar-refractivity contribution < 1.29 is 9.50 Å². The van der Waals surface area contributed by atoms with Crippen molar-refractivity contribution in [2.24, 2.45) is 5.92 Å². The molecule has 146 valence electrons. The quantitative estimate of drug-likeness (QED) is 0.518. The number of alkyl halides is 1. The number of rotatable bonds is 9. The predicted octanol–water partition coefficient (Wildman–Crippen LogP) is 6.76. The lowest BCUT2D eigenvalue weighted by atomic mass is 9.84. The minimum Gasteiger partial charge on any atom is -0.388 e. The van der Waals surface area contributed by atoms with E-state index in [-0.39, 0.29) is 12.0 Å². The van der Waals surface area contributed by atoms with Crippen molar-refractivity contribution in [3.05, 3.63) is 71.3 Å². The molecule has 2 aromatic rings. The second kappa shape index (κ2) is 10.0. The van der Waals surface area contributed by atoms with E-state index in [1.54, 1.807) is 0 Å². The first kappa shape index (κ1) is 20.1. The van der Waals surface area contributed by atoms with Gasteiger partial charge in [0.15, 0.2) is 0 Å². The fourth-order valence-electron chi connectivity index (χ4n) is 4.53. The normalized spacial score (nSPS) is 23.4. The Morgan fingerprint density at radius 1 is 1.00 bits per heavy atom. The molecule has 3 rings (SSSR count). The van der Waals surface area contributed by atoms with E-state index in [4.69, 9.17) is 0 Å². The molecule has 0 bridgehead atoms. The van der Waals surface area contributed by atoms with Crippen LogP contribution in [0.25, 0.3) is 0 Å². The van der Waals surface area contributed by atoms with E-state index in [1.165, 1.54) is 11.1 Å². The molecule has 0 aromatic heterocycles. The van der Waals surface area contributed by atoms with Gasteiger partial charge in [0, 0.05) is 0 Å². The zero-order valence-electron chi connectivity index (χ0n) is 16.5. The topological polar surface area (TPSA) is 20.2 Å². The Bertz CT molecular complexity index is 666. The molecule has 27 heavy (non-hydrogen) atoms. The highest BCUT2D eigenvalue weighted by Gasteiger charge is 2.36. The molecule has 0 saturated heterocycles. The van der Waals surface area contributed by atoms with Crippen LogP contribution in [0.2, 0.25) is 0 Å². The number of aliphatic hydroxyl groups excluding tert-OH is 1. The van der Waals surface area contributed by atoms with Crippen LogP contribution in [-0.2, 0) is 6.42 Å². The Hall–Kier alpha value is -1.67. The second-order valence-corrected chi connectivity index (χ2v) is 8.07. The number of unbranched alkanes of at least 4 members (excludes halogenated alkanes) is 1. The van der Waals surface area contributed by atoms with E-state index in [0.717, 1.165) is 50.5 Å². The summed E-state index contributed by atoms with van der Waals surface area (Å²) in [5, 5.41) is 10.3. The molecular weight excluding hydrogens is 335 g/mol. The number of halogens is 1. The zero-order valence-corrected chi connectivity index (χ0v) is 16.5. The fraction of sp³-hybridized carbons (Fsp3) is 0.520. The van der Waals surface area contributed by atoms with Gasteiger partial charge in [-0.15, -0.1) is 0 Å². The van der Waals surface area contributed by atoms with Crippen molar-refractivity contribution >= 4 is 0 Å². The summed E-state index contributed by atoms with van der Waals surface area (Å²) in [5.74, 6) is 0.446. The Morgan fingerprint density at radius 2 is 1.74 bits per heavy atom. The van der Waals surface area contributed by atoms with E-state index in [0.29, 0.717) is 12.3 Å². The van der Waals surface area contributed by atoms with Gasteiger partial charge in [-0.05, 0) is 67.1 Å². The summed E-state index contributed by atoms with van der Waals surface area (Å²) in [4.78, 5) is 0.